The molecule has 102 valence electrons. The molecule has 1 heterocycles. The van der Waals surface area contributed by atoms with E-state index in [4.69, 9.17) is 0 Å². The number of fused-ring (bicyclic) bond motifs is 1. The van der Waals surface area contributed by atoms with Gasteiger partial charge in [0.15, 0.2) is 0 Å². The van der Waals surface area contributed by atoms with Crippen molar-refractivity contribution in [2.75, 3.05) is 0 Å². The lowest BCUT2D eigenvalue weighted by Gasteiger charge is -2.35. The summed E-state index contributed by atoms with van der Waals surface area (Å²) >= 11 is 0. The lowest BCUT2D eigenvalue weighted by atomic mass is 9.65. The first kappa shape index (κ1) is 12.1. The first-order valence-electron chi connectivity index (χ1n) is 7.15. The van der Waals surface area contributed by atoms with Gasteiger partial charge in [-0.3, -0.25) is 0 Å². The minimum atomic E-state index is -0.261. The van der Waals surface area contributed by atoms with Crippen molar-refractivity contribution in [1.82, 2.24) is 15.0 Å². The predicted octanol–water partition coefficient (Wildman–Crippen LogP) is 3.37. The van der Waals surface area contributed by atoms with E-state index in [1.54, 1.807) is 0 Å². The van der Waals surface area contributed by atoms with Crippen LogP contribution in [0.15, 0.2) is 48.5 Å². The third-order valence-corrected chi connectivity index (χ3v) is 4.44. The third kappa shape index (κ3) is 1.74. The van der Waals surface area contributed by atoms with Gasteiger partial charge in [-0.2, -0.15) is 5.26 Å². The molecule has 0 amide bonds. The highest BCUT2D eigenvalue weighted by Crippen LogP contribution is 2.43. The van der Waals surface area contributed by atoms with E-state index in [2.05, 4.69) is 16.4 Å². The summed E-state index contributed by atoms with van der Waals surface area (Å²) < 4.78 is 1.83. The van der Waals surface area contributed by atoms with Crippen LogP contribution < -0.4 is 0 Å². The quantitative estimate of drug-likeness (QED) is 0.720. The Labute approximate surface area is 122 Å². The Morgan fingerprint density at radius 2 is 1.81 bits per heavy atom. The molecule has 0 radical (unpaired) electrons. The number of rotatable bonds is 2. The van der Waals surface area contributed by atoms with Crippen LogP contribution in [-0.4, -0.2) is 15.0 Å². The van der Waals surface area contributed by atoms with Gasteiger partial charge in [0.2, 0.25) is 0 Å². The van der Waals surface area contributed by atoms with Gasteiger partial charge in [-0.05, 0) is 49.1 Å². The summed E-state index contributed by atoms with van der Waals surface area (Å²) in [6.45, 7) is 0. The molecule has 1 saturated carbocycles. The summed E-state index contributed by atoms with van der Waals surface area (Å²) in [5.74, 6) is 0. The summed E-state index contributed by atoms with van der Waals surface area (Å²) in [5.41, 5.74) is 3.70. The Balaban J connectivity index is 1.76. The highest BCUT2D eigenvalue weighted by molar-refractivity contribution is 5.75. The molecule has 0 atom stereocenters. The fraction of sp³-hybridized carbons (Fsp3) is 0.235. The minimum Gasteiger partial charge on any atom is -0.213 e. The van der Waals surface area contributed by atoms with E-state index >= 15 is 0 Å². The number of para-hydroxylation sites is 1. The van der Waals surface area contributed by atoms with E-state index < -0.39 is 0 Å². The first-order valence-corrected chi connectivity index (χ1v) is 7.15. The maximum absolute atomic E-state index is 9.41. The molecule has 4 heteroatoms. The molecule has 1 aliphatic rings. The van der Waals surface area contributed by atoms with Crippen LogP contribution >= 0.6 is 0 Å². The Hall–Kier alpha value is -2.67. The van der Waals surface area contributed by atoms with E-state index in [1.807, 2.05) is 53.2 Å². The van der Waals surface area contributed by atoms with Crippen LogP contribution in [0.5, 0.6) is 0 Å². The zero-order valence-corrected chi connectivity index (χ0v) is 11.5. The number of hydrogen-bond donors (Lipinski definition) is 0. The van der Waals surface area contributed by atoms with Crippen LogP contribution in [-0.2, 0) is 5.41 Å². The van der Waals surface area contributed by atoms with Crippen molar-refractivity contribution >= 4 is 11.0 Å². The topological polar surface area (TPSA) is 54.5 Å². The monoisotopic (exact) mass is 274 g/mol. The fourth-order valence-corrected chi connectivity index (χ4v) is 2.98. The van der Waals surface area contributed by atoms with Gasteiger partial charge in [-0.25, -0.2) is 4.68 Å². The average Bonchev–Trinajstić information content (AvgIpc) is 2.91. The lowest BCUT2D eigenvalue weighted by molar-refractivity contribution is 0.324. The van der Waals surface area contributed by atoms with E-state index in [1.165, 1.54) is 0 Å². The highest BCUT2D eigenvalue weighted by atomic mass is 15.4. The van der Waals surface area contributed by atoms with Gasteiger partial charge in [0.1, 0.15) is 5.52 Å². The van der Waals surface area contributed by atoms with E-state index in [0.717, 1.165) is 41.5 Å². The van der Waals surface area contributed by atoms with Crippen molar-refractivity contribution in [3.8, 4) is 11.8 Å². The van der Waals surface area contributed by atoms with Crippen molar-refractivity contribution in [2.45, 2.75) is 24.7 Å². The van der Waals surface area contributed by atoms with Gasteiger partial charge in [0, 0.05) is 0 Å². The molecular weight excluding hydrogens is 260 g/mol. The normalized spacial score (nSPS) is 16.3. The Bertz CT molecular complexity index is 835. The van der Waals surface area contributed by atoms with Crippen LogP contribution in [0.1, 0.15) is 24.8 Å². The van der Waals surface area contributed by atoms with Gasteiger partial charge in [-0.15, -0.1) is 5.10 Å². The number of benzene rings is 2. The van der Waals surface area contributed by atoms with Crippen molar-refractivity contribution in [1.29, 1.82) is 5.26 Å². The molecule has 0 spiro atoms. The van der Waals surface area contributed by atoms with Crippen molar-refractivity contribution < 1.29 is 0 Å². The molecule has 1 fully saturated rings. The molecule has 4 rings (SSSR count). The summed E-state index contributed by atoms with van der Waals surface area (Å²) in [4.78, 5) is 0. The first-order chi connectivity index (χ1) is 10.3. The fourth-order valence-electron chi connectivity index (χ4n) is 2.98. The number of nitriles is 1. The second kappa shape index (κ2) is 4.42. The Morgan fingerprint density at radius 1 is 1.05 bits per heavy atom. The minimum absolute atomic E-state index is 0.261. The molecule has 0 N–H and O–H groups in total. The molecular formula is C17H14N4. The van der Waals surface area contributed by atoms with E-state index in [-0.39, 0.29) is 5.41 Å². The summed E-state index contributed by atoms with van der Waals surface area (Å²) in [6.07, 6.45) is 3.08. The predicted molar refractivity (Wildman–Crippen MR) is 80.0 cm³/mol. The molecule has 4 nitrogen and oxygen atoms in total. The molecule has 2 aromatic carbocycles. The smallest absolute Gasteiger partial charge is 0.113 e. The largest absolute Gasteiger partial charge is 0.213 e. The zero-order valence-electron chi connectivity index (χ0n) is 11.5. The molecule has 0 unspecified atom stereocenters. The second-order valence-corrected chi connectivity index (χ2v) is 5.58. The Kier molecular flexibility index (Phi) is 2.55. The molecule has 1 aromatic heterocycles. The van der Waals surface area contributed by atoms with Crippen molar-refractivity contribution in [3.05, 3.63) is 54.1 Å². The lowest BCUT2D eigenvalue weighted by Crippen LogP contribution is -2.32. The third-order valence-electron chi connectivity index (χ3n) is 4.44. The van der Waals surface area contributed by atoms with Crippen molar-refractivity contribution in [3.63, 3.8) is 0 Å². The number of aromatic nitrogens is 3. The summed E-state index contributed by atoms with van der Waals surface area (Å²) in [6, 6.07) is 18.5. The van der Waals surface area contributed by atoms with E-state index in [0.29, 0.717) is 0 Å². The Morgan fingerprint density at radius 3 is 2.48 bits per heavy atom. The van der Waals surface area contributed by atoms with E-state index in [9.17, 15) is 5.26 Å². The molecule has 21 heavy (non-hydrogen) atoms. The van der Waals surface area contributed by atoms with Gasteiger partial charge < -0.3 is 0 Å². The van der Waals surface area contributed by atoms with Gasteiger partial charge in [0.05, 0.1) is 22.7 Å². The molecule has 0 bridgehead atoms. The van der Waals surface area contributed by atoms with Gasteiger partial charge in [-0.1, -0.05) is 29.5 Å². The average molecular weight is 274 g/mol. The maximum Gasteiger partial charge on any atom is 0.113 e. The summed E-state index contributed by atoms with van der Waals surface area (Å²) in [5, 5.41) is 17.8. The van der Waals surface area contributed by atoms with Crippen LogP contribution in [0, 0.1) is 11.3 Å². The van der Waals surface area contributed by atoms with Crippen molar-refractivity contribution in [2.24, 2.45) is 0 Å². The number of hydrogen-bond acceptors (Lipinski definition) is 3. The molecule has 3 aromatic rings. The molecule has 0 saturated heterocycles. The second-order valence-electron chi connectivity index (χ2n) is 5.58. The zero-order chi connectivity index (χ0) is 14.3. The van der Waals surface area contributed by atoms with Gasteiger partial charge in [0.25, 0.3) is 0 Å². The van der Waals surface area contributed by atoms with Crippen LogP contribution in [0.4, 0.5) is 0 Å². The molecule has 1 aliphatic carbocycles. The molecule has 0 aliphatic heterocycles. The highest BCUT2D eigenvalue weighted by Gasteiger charge is 2.38. The van der Waals surface area contributed by atoms with Gasteiger partial charge >= 0.3 is 0 Å². The number of nitrogens with zero attached hydrogens (tertiary/aromatic N) is 4. The van der Waals surface area contributed by atoms with Crippen LogP contribution in [0.3, 0.4) is 0 Å². The maximum atomic E-state index is 9.41. The summed E-state index contributed by atoms with van der Waals surface area (Å²) in [7, 11) is 0. The van der Waals surface area contributed by atoms with Crippen LogP contribution in [0.25, 0.3) is 16.7 Å². The SMILES string of the molecule is N#CC1(c2ccc(-n3nnc4ccccc43)cc2)CCC1. The standard InChI is InChI=1S/C17H14N4/c18-12-17(10-3-11-17)13-6-8-14(9-7-13)21-16-5-2-1-4-15(16)19-20-21/h1-2,4-9H,3,10-11H2. The van der Waals surface area contributed by atoms with Crippen LogP contribution in [0.2, 0.25) is 0 Å².